The molecule has 2 N–H and O–H groups in total. The van der Waals surface area contributed by atoms with Crippen LogP contribution >= 0.6 is 0 Å². The standard InChI is InChI=1S/C19H25N3O6S/c1-6-10-20-29(26,27)15-9-7-8-14(11-15)18(25)28-13-17(24)22(5)12-16(23)21-19(2,3)4/h1,7-9,11,20H,10,12-13H2,2-5H3,(H,21,23). The average molecular weight is 423 g/mol. The summed E-state index contributed by atoms with van der Waals surface area (Å²) >= 11 is 0. The van der Waals surface area contributed by atoms with E-state index in [0.717, 1.165) is 11.0 Å². The molecule has 29 heavy (non-hydrogen) atoms. The number of nitrogens with zero attached hydrogens (tertiary/aromatic N) is 1. The molecule has 0 saturated carbocycles. The molecule has 0 radical (unpaired) electrons. The van der Waals surface area contributed by atoms with E-state index in [0.29, 0.717) is 0 Å². The number of benzene rings is 1. The summed E-state index contributed by atoms with van der Waals surface area (Å²) in [5.41, 5.74) is -0.483. The largest absolute Gasteiger partial charge is 0.452 e. The van der Waals surface area contributed by atoms with Crippen molar-refractivity contribution >= 4 is 27.8 Å². The number of terminal acetylenes is 1. The Morgan fingerprint density at radius 2 is 1.90 bits per heavy atom. The summed E-state index contributed by atoms with van der Waals surface area (Å²) in [4.78, 5) is 37.0. The molecule has 10 heteroatoms. The van der Waals surface area contributed by atoms with Gasteiger partial charge >= 0.3 is 5.97 Å². The molecule has 2 amide bonds. The Morgan fingerprint density at radius 3 is 2.48 bits per heavy atom. The van der Waals surface area contributed by atoms with Gasteiger partial charge in [0.25, 0.3) is 5.91 Å². The second-order valence-corrected chi connectivity index (χ2v) is 8.95. The van der Waals surface area contributed by atoms with Gasteiger partial charge in [0.15, 0.2) is 6.61 Å². The van der Waals surface area contributed by atoms with E-state index in [-0.39, 0.29) is 29.5 Å². The number of hydrogen-bond donors (Lipinski definition) is 2. The number of ether oxygens (including phenoxy) is 1. The Kier molecular flexibility index (Phi) is 8.36. The lowest BCUT2D eigenvalue weighted by molar-refractivity contribution is -0.137. The first-order valence-corrected chi connectivity index (χ1v) is 10.1. The number of carbonyl (C=O) groups is 3. The minimum Gasteiger partial charge on any atom is -0.452 e. The number of likely N-dealkylation sites (N-methyl/N-ethyl adjacent to an activating group) is 1. The van der Waals surface area contributed by atoms with E-state index < -0.39 is 34.0 Å². The van der Waals surface area contributed by atoms with Gasteiger partial charge in [-0.15, -0.1) is 6.42 Å². The van der Waals surface area contributed by atoms with Crippen LogP contribution in [-0.2, 0) is 24.3 Å². The van der Waals surface area contributed by atoms with E-state index in [1.807, 2.05) is 20.8 Å². The molecule has 0 aromatic heterocycles. The summed E-state index contributed by atoms with van der Waals surface area (Å²) in [6.45, 7) is 4.45. The maximum Gasteiger partial charge on any atom is 0.338 e. The molecule has 0 atom stereocenters. The molecule has 0 fully saturated rings. The van der Waals surface area contributed by atoms with Crippen molar-refractivity contribution in [2.24, 2.45) is 0 Å². The molecule has 158 valence electrons. The third-order valence-corrected chi connectivity index (χ3v) is 4.79. The predicted octanol–water partition coefficient (Wildman–Crippen LogP) is 0.128. The molecular weight excluding hydrogens is 398 g/mol. The normalized spacial score (nSPS) is 11.3. The van der Waals surface area contributed by atoms with Crippen molar-refractivity contribution in [3.63, 3.8) is 0 Å². The van der Waals surface area contributed by atoms with Crippen LogP contribution in [0.3, 0.4) is 0 Å². The van der Waals surface area contributed by atoms with Crippen LogP contribution in [0.4, 0.5) is 0 Å². The van der Waals surface area contributed by atoms with Gasteiger partial charge in [0.2, 0.25) is 15.9 Å². The zero-order valence-electron chi connectivity index (χ0n) is 16.8. The summed E-state index contributed by atoms with van der Waals surface area (Å²) in [7, 11) is -2.47. The summed E-state index contributed by atoms with van der Waals surface area (Å²) < 4.78 is 31.2. The molecule has 0 heterocycles. The summed E-state index contributed by atoms with van der Waals surface area (Å²) in [5.74, 6) is 0.341. The molecule has 0 aliphatic rings. The monoisotopic (exact) mass is 423 g/mol. The number of hydrogen-bond acceptors (Lipinski definition) is 6. The molecular formula is C19H25N3O6S. The van der Waals surface area contributed by atoms with E-state index >= 15 is 0 Å². The van der Waals surface area contributed by atoms with Gasteiger partial charge in [-0.2, -0.15) is 4.72 Å². The number of carbonyl (C=O) groups excluding carboxylic acids is 3. The molecule has 1 aromatic carbocycles. The average Bonchev–Trinajstić information content (AvgIpc) is 2.62. The highest BCUT2D eigenvalue weighted by Crippen LogP contribution is 2.12. The van der Waals surface area contributed by atoms with Crippen molar-refractivity contribution in [1.82, 2.24) is 14.9 Å². The second-order valence-electron chi connectivity index (χ2n) is 7.18. The van der Waals surface area contributed by atoms with Crippen LogP contribution in [0, 0.1) is 12.3 Å². The van der Waals surface area contributed by atoms with E-state index in [1.54, 1.807) is 0 Å². The maximum atomic E-state index is 12.2. The first kappa shape index (κ1) is 24.1. The van der Waals surface area contributed by atoms with E-state index in [9.17, 15) is 22.8 Å². The highest BCUT2D eigenvalue weighted by molar-refractivity contribution is 7.89. The quantitative estimate of drug-likeness (QED) is 0.453. The van der Waals surface area contributed by atoms with Crippen molar-refractivity contribution in [1.29, 1.82) is 0 Å². The molecule has 0 aliphatic carbocycles. The number of amides is 2. The van der Waals surface area contributed by atoms with Gasteiger partial charge in [-0.25, -0.2) is 13.2 Å². The maximum absolute atomic E-state index is 12.2. The molecule has 0 unspecified atom stereocenters. The highest BCUT2D eigenvalue weighted by Gasteiger charge is 2.20. The second kappa shape index (κ2) is 10.0. The Labute approximate surface area is 170 Å². The van der Waals surface area contributed by atoms with Crippen LogP contribution in [0.5, 0.6) is 0 Å². The zero-order valence-corrected chi connectivity index (χ0v) is 17.6. The van der Waals surface area contributed by atoms with Crippen molar-refractivity contribution in [3.8, 4) is 12.3 Å². The Hall–Kier alpha value is -2.90. The van der Waals surface area contributed by atoms with Crippen LogP contribution in [0.15, 0.2) is 29.2 Å². The minimum atomic E-state index is -3.87. The van der Waals surface area contributed by atoms with Gasteiger partial charge < -0.3 is 15.0 Å². The van der Waals surface area contributed by atoms with E-state index in [2.05, 4.69) is 16.0 Å². The van der Waals surface area contributed by atoms with Crippen molar-refractivity contribution in [3.05, 3.63) is 29.8 Å². The lowest BCUT2D eigenvalue weighted by Crippen LogP contribution is -2.46. The molecule has 0 saturated heterocycles. The summed E-state index contributed by atoms with van der Waals surface area (Å²) in [5, 5.41) is 2.71. The van der Waals surface area contributed by atoms with Crippen LogP contribution in [0.25, 0.3) is 0 Å². The fraction of sp³-hybridized carbons (Fsp3) is 0.421. The third-order valence-electron chi connectivity index (χ3n) is 3.39. The zero-order chi connectivity index (χ0) is 22.2. The molecule has 0 spiro atoms. The first-order valence-electron chi connectivity index (χ1n) is 8.61. The van der Waals surface area contributed by atoms with Gasteiger partial charge in [0.05, 0.1) is 23.5 Å². The third kappa shape index (κ3) is 8.33. The number of nitrogens with one attached hydrogen (secondary N) is 2. The molecule has 0 bridgehead atoms. The Morgan fingerprint density at radius 1 is 1.24 bits per heavy atom. The van der Waals surface area contributed by atoms with Gasteiger partial charge in [-0.05, 0) is 39.0 Å². The number of rotatable bonds is 8. The molecule has 0 aliphatic heterocycles. The smallest absolute Gasteiger partial charge is 0.338 e. The Bertz CT molecular complexity index is 913. The minimum absolute atomic E-state index is 0.0467. The highest BCUT2D eigenvalue weighted by atomic mass is 32.2. The van der Waals surface area contributed by atoms with Crippen molar-refractivity contribution < 1.29 is 27.5 Å². The lowest BCUT2D eigenvalue weighted by atomic mass is 10.1. The van der Waals surface area contributed by atoms with E-state index in [4.69, 9.17) is 11.2 Å². The van der Waals surface area contributed by atoms with Gasteiger partial charge in [-0.1, -0.05) is 12.0 Å². The lowest BCUT2D eigenvalue weighted by Gasteiger charge is -2.23. The van der Waals surface area contributed by atoms with Crippen LogP contribution in [0.1, 0.15) is 31.1 Å². The topological polar surface area (TPSA) is 122 Å². The van der Waals surface area contributed by atoms with Gasteiger partial charge in [-0.3, -0.25) is 9.59 Å². The fourth-order valence-electron chi connectivity index (χ4n) is 2.09. The van der Waals surface area contributed by atoms with Crippen LogP contribution < -0.4 is 10.0 Å². The number of esters is 1. The van der Waals surface area contributed by atoms with Crippen LogP contribution in [0.2, 0.25) is 0 Å². The Balaban J connectivity index is 2.69. The molecule has 9 nitrogen and oxygen atoms in total. The fourth-order valence-corrected chi connectivity index (χ4v) is 3.07. The first-order chi connectivity index (χ1) is 13.4. The summed E-state index contributed by atoms with van der Waals surface area (Å²) in [6, 6.07) is 5.13. The van der Waals surface area contributed by atoms with Crippen molar-refractivity contribution in [2.45, 2.75) is 31.2 Å². The number of sulfonamides is 1. The predicted molar refractivity (Wildman–Crippen MR) is 106 cm³/mol. The van der Waals surface area contributed by atoms with E-state index in [1.165, 1.54) is 25.2 Å². The SMILES string of the molecule is C#CCNS(=O)(=O)c1cccc(C(=O)OCC(=O)N(C)CC(=O)NC(C)(C)C)c1. The van der Waals surface area contributed by atoms with Gasteiger partial charge in [0.1, 0.15) is 0 Å². The molecule has 1 aromatic rings. The van der Waals surface area contributed by atoms with Gasteiger partial charge in [0, 0.05) is 12.6 Å². The van der Waals surface area contributed by atoms with Crippen molar-refractivity contribution in [2.75, 3.05) is 26.7 Å². The van der Waals surface area contributed by atoms with Crippen LogP contribution in [-0.4, -0.2) is 63.4 Å². The molecule has 1 rings (SSSR count). The summed E-state index contributed by atoms with van der Waals surface area (Å²) in [6.07, 6.45) is 5.03.